The van der Waals surface area contributed by atoms with Crippen molar-refractivity contribution in [3.63, 3.8) is 0 Å². The summed E-state index contributed by atoms with van der Waals surface area (Å²) in [5.74, 6) is 0.362. The van der Waals surface area contributed by atoms with Gasteiger partial charge >= 0.3 is 0 Å². The van der Waals surface area contributed by atoms with Crippen LogP contribution in [0.15, 0.2) is 59.1 Å². The predicted molar refractivity (Wildman–Crippen MR) is 123 cm³/mol. The van der Waals surface area contributed by atoms with Gasteiger partial charge in [0.2, 0.25) is 17.8 Å². The second-order valence-corrected chi connectivity index (χ2v) is 8.75. The maximum Gasteiger partial charge on any atom is 0.250 e. The smallest absolute Gasteiger partial charge is 0.250 e. The molecule has 0 spiro atoms. The Labute approximate surface area is 193 Å². The molecule has 5 rings (SSSR count). The lowest BCUT2D eigenvalue weighted by molar-refractivity contribution is -0.136. The molecule has 1 unspecified atom stereocenters. The number of amides is 2. The number of aromatic nitrogens is 4. The largest absolute Gasteiger partial charge is 0.339 e. The number of hydrogen-bond acceptors (Lipinski definition) is 6. The van der Waals surface area contributed by atoms with Crippen molar-refractivity contribution in [3.8, 4) is 5.69 Å². The van der Waals surface area contributed by atoms with E-state index in [-0.39, 0.29) is 24.2 Å². The molecule has 0 saturated carbocycles. The summed E-state index contributed by atoms with van der Waals surface area (Å²) >= 11 is 3.50. The van der Waals surface area contributed by atoms with Crippen molar-refractivity contribution in [2.45, 2.75) is 6.42 Å². The third kappa shape index (κ3) is 3.86. The fourth-order valence-corrected chi connectivity index (χ4v) is 4.78. The van der Waals surface area contributed by atoms with Crippen LogP contribution in [0, 0.1) is 5.92 Å². The Morgan fingerprint density at radius 1 is 0.969 bits per heavy atom. The lowest BCUT2D eigenvalue weighted by Crippen LogP contribution is -2.51. The Bertz CT molecular complexity index is 1130. The molecule has 2 fully saturated rings. The quantitative estimate of drug-likeness (QED) is 0.550. The highest BCUT2D eigenvalue weighted by molar-refractivity contribution is 9.10. The zero-order valence-electron chi connectivity index (χ0n) is 17.3. The van der Waals surface area contributed by atoms with Gasteiger partial charge in [-0.3, -0.25) is 9.59 Å². The first-order chi connectivity index (χ1) is 15.6. The van der Waals surface area contributed by atoms with Crippen LogP contribution in [-0.2, 0) is 9.59 Å². The lowest BCUT2D eigenvalue weighted by atomic mass is 10.1. The number of para-hydroxylation sites is 2. The van der Waals surface area contributed by atoms with E-state index in [2.05, 4.69) is 36.4 Å². The molecule has 0 aliphatic carbocycles. The second-order valence-electron chi connectivity index (χ2n) is 7.90. The molecule has 2 aliphatic heterocycles. The van der Waals surface area contributed by atoms with Crippen LogP contribution in [0.5, 0.6) is 0 Å². The van der Waals surface area contributed by atoms with E-state index in [0.717, 1.165) is 15.8 Å². The number of rotatable bonds is 4. The SMILES string of the molecule is O=C(C1CC(=O)N(c2ccccc2Br)C1)N1CCN(c2nnnn2-c2ccccc2)CC1. The molecular weight excluding hydrogens is 474 g/mol. The molecule has 10 heteroatoms. The summed E-state index contributed by atoms with van der Waals surface area (Å²) in [6.07, 6.45) is 0.243. The first kappa shape index (κ1) is 20.6. The summed E-state index contributed by atoms with van der Waals surface area (Å²) in [7, 11) is 0. The van der Waals surface area contributed by atoms with Gasteiger partial charge in [-0.05, 0) is 50.6 Å². The van der Waals surface area contributed by atoms with Crippen LogP contribution in [0.25, 0.3) is 5.69 Å². The molecule has 0 radical (unpaired) electrons. The van der Waals surface area contributed by atoms with Gasteiger partial charge in [0.05, 0.1) is 17.3 Å². The summed E-state index contributed by atoms with van der Waals surface area (Å²) in [6, 6.07) is 17.3. The minimum absolute atomic E-state index is 0.0177. The van der Waals surface area contributed by atoms with E-state index < -0.39 is 0 Å². The highest BCUT2D eigenvalue weighted by atomic mass is 79.9. The second kappa shape index (κ2) is 8.70. The van der Waals surface area contributed by atoms with Crippen molar-refractivity contribution < 1.29 is 9.59 Å². The Kier molecular flexibility index (Phi) is 5.60. The first-order valence-corrected chi connectivity index (χ1v) is 11.3. The summed E-state index contributed by atoms with van der Waals surface area (Å²) in [5.41, 5.74) is 1.70. The van der Waals surface area contributed by atoms with Crippen molar-refractivity contribution >= 4 is 39.4 Å². The molecule has 3 aromatic rings. The van der Waals surface area contributed by atoms with Gasteiger partial charge in [0.15, 0.2) is 0 Å². The van der Waals surface area contributed by atoms with E-state index in [1.54, 1.807) is 9.58 Å². The van der Waals surface area contributed by atoms with Crippen LogP contribution in [0.4, 0.5) is 11.6 Å². The average Bonchev–Trinajstić information content (AvgIpc) is 3.47. The maximum absolute atomic E-state index is 13.2. The van der Waals surface area contributed by atoms with Gasteiger partial charge < -0.3 is 14.7 Å². The van der Waals surface area contributed by atoms with Crippen LogP contribution in [0.2, 0.25) is 0 Å². The zero-order chi connectivity index (χ0) is 22.1. The Morgan fingerprint density at radius 2 is 1.69 bits per heavy atom. The fraction of sp³-hybridized carbons (Fsp3) is 0.318. The van der Waals surface area contributed by atoms with Gasteiger partial charge in [0.25, 0.3) is 0 Å². The highest BCUT2D eigenvalue weighted by Gasteiger charge is 2.38. The summed E-state index contributed by atoms with van der Waals surface area (Å²) in [4.78, 5) is 31.4. The van der Waals surface area contributed by atoms with Crippen LogP contribution < -0.4 is 9.80 Å². The third-order valence-corrected chi connectivity index (χ3v) is 6.62. The summed E-state index contributed by atoms with van der Waals surface area (Å²) in [6.45, 7) is 2.81. The molecule has 1 atom stereocenters. The molecule has 0 N–H and O–H groups in total. The van der Waals surface area contributed by atoms with Crippen molar-refractivity contribution in [2.24, 2.45) is 5.92 Å². The minimum atomic E-state index is -0.323. The van der Waals surface area contributed by atoms with Gasteiger partial charge in [-0.25, -0.2) is 0 Å². The molecule has 2 aromatic carbocycles. The highest BCUT2D eigenvalue weighted by Crippen LogP contribution is 2.32. The number of benzene rings is 2. The molecule has 32 heavy (non-hydrogen) atoms. The van der Waals surface area contributed by atoms with E-state index in [0.29, 0.717) is 38.7 Å². The number of piperazine rings is 1. The topological polar surface area (TPSA) is 87.5 Å². The number of carbonyl (C=O) groups is 2. The van der Waals surface area contributed by atoms with Crippen molar-refractivity contribution in [2.75, 3.05) is 42.5 Å². The van der Waals surface area contributed by atoms with Crippen molar-refractivity contribution in [1.82, 2.24) is 25.1 Å². The van der Waals surface area contributed by atoms with Gasteiger partial charge in [-0.1, -0.05) is 35.4 Å². The lowest BCUT2D eigenvalue weighted by Gasteiger charge is -2.35. The third-order valence-electron chi connectivity index (χ3n) is 5.95. The van der Waals surface area contributed by atoms with Crippen LogP contribution in [0.1, 0.15) is 6.42 Å². The fourth-order valence-electron chi connectivity index (χ4n) is 4.28. The van der Waals surface area contributed by atoms with E-state index in [1.165, 1.54) is 0 Å². The van der Waals surface area contributed by atoms with Crippen LogP contribution >= 0.6 is 15.9 Å². The monoisotopic (exact) mass is 495 g/mol. The number of nitrogens with zero attached hydrogens (tertiary/aromatic N) is 7. The predicted octanol–water partition coefficient (Wildman–Crippen LogP) is 2.13. The molecule has 9 nitrogen and oxygen atoms in total. The normalized spacial score (nSPS) is 19.0. The number of halogens is 1. The van der Waals surface area contributed by atoms with Crippen molar-refractivity contribution in [1.29, 1.82) is 0 Å². The molecule has 2 saturated heterocycles. The first-order valence-electron chi connectivity index (χ1n) is 10.5. The zero-order valence-corrected chi connectivity index (χ0v) is 18.9. The maximum atomic E-state index is 13.2. The Hall–Kier alpha value is -3.27. The summed E-state index contributed by atoms with van der Waals surface area (Å²) in [5, 5.41) is 12.1. The molecule has 3 heterocycles. The Balaban J connectivity index is 1.23. The van der Waals surface area contributed by atoms with E-state index in [9.17, 15) is 9.59 Å². The van der Waals surface area contributed by atoms with Gasteiger partial charge in [0.1, 0.15) is 0 Å². The van der Waals surface area contributed by atoms with E-state index in [4.69, 9.17) is 0 Å². The number of anilines is 2. The molecule has 2 aliphatic rings. The van der Waals surface area contributed by atoms with E-state index >= 15 is 0 Å². The number of carbonyl (C=O) groups excluding carboxylic acids is 2. The standard InChI is InChI=1S/C22H22BrN7O2/c23-18-8-4-5-9-19(18)29-15-16(14-20(29)31)21(32)27-10-12-28(13-11-27)22-24-25-26-30(22)17-6-2-1-3-7-17/h1-9,16H,10-15H2. The molecule has 2 amide bonds. The number of hydrogen-bond donors (Lipinski definition) is 0. The van der Waals surface area contributed by atoms with Gasteiger partial charge in [0, 0.05) is 43.6 Å². The van der Waals surface area contributed by atoms with E-state index in [1.807, 2.05) is 59.5 Å². The molecule has 1 aromatic heterocycles. The summed E-state index contributed by atoms with van der Waals surface area (Å²) < 4.78 is 2.56. The van der Waals surface area contributed by atoms with Crippen LogP contribution in [0.3, 0.4) is 0 Å². The molecular formula is C22H22BrN7O2. The molecule has 0 bridgehead atoms. The van der Waals surface area contributed by atoms with Gasteiger partial charge in [-0.15, -0.1) is 0 Å². The minimum Gasteiger partial charge on any atom is -0.339 e. The number of tetrazole rings is 1. The average molecular weight is 496 g/mol. The van der Waals surface area contributed by atoms with Crippen LogP contribution in [-0.4, -0.2) is 69.6 Å². The van der Waals surface area contributed by atoms with Crippen molar-refractivity contribution in [3.05, 3.63) is 59.1 Å². The Morgan fingerprint density at radius 3 is 2.44 bits per heavy atom. The molecule has 164 valence electrons. The van der Waals surface area contributed by atoms with Gasteiger partial charge in [-0.2, -0.15) is 4.68 Å².